The number of hydrogen-bond acceptors (Lipinski definition) is 6. The number of aromatic nitrogens is 4. The zero-order chi connectivity index (χ0) is 17.0. The fourth-order valence-corrected chi connectivity index (χ4v) is 1.88. The molecule has 0 radical (unpaired) electrons. The number of carbonyl (C=O) groups is 2. The van der Waals surface area contributed by atoms with Crippen LogP contribution in [0.4, 0.5) is 4.79 Å². The lowest BCUT2D eigenvalue weighted by Crippen LogP contribution is -2.37. The maximum atomic E-state index is 12.1. The predicted octanol–water partition coefficient (Wildman–Crippen LogP) is 1.77. The highest BCUT2D eigenvalue weighted by molar-refractivity contribution is 5.74. The van der Waals surface area contributed by atoms with E-state index < -0.39 is 17.7 Å². The molecule has 2 aromatic rings. The van der Waals surface area contributed by atoms with Crippen LogP contribution in [0, 0.1) is 0 Å². The zero-order valence-corrected chi connectivity index (χ0v) is 13.5. The van der Waals surface area contributed by atoms with E-state index in [-0.39, 0.29) is 0 Å². The third-order valence-electron chi connectivity index (χ3n) is 2.99. The normalized spacial score (nSPS) is 12.5. The second-order valence-electron chi connectivity index (χ2n) is 5.96. The molecule has 1 atom stereocenters. The van der Waals surface area contributed by atoms with Gasteiger partial charge in [0.15, 0.2) is 5.82 Å². The van der Waals surface area contributed by atoms with Gasteiger partial charge in [-0.05, 0) is 26.8 Å². The molecule has 0 bridgehead atoms. The first-order valence-electron chi connectivity index (χ1n) is 7.04. The van der Waals surface area contributed by atoms with Gasteiger partial charge in [0.2, 0.25) is 0 Å². The Kier molecular flexibility index (Phi) is 4.73. The molecule has 23 heavy (non-hydrogen) atoms. The van der Waals surface area contributed by atoms with E-state index in [1.807, 2.05) is 0 Å². The van der Waals surface area contributed by atoms with Gasteiger partial charge in [0.05, 0.1) is 0 Å². The fourth-order valence-electron chi connectivity index (χ4n) is 1.88. The van der Waals surface area contributed by atoms with E-state index in [0.29, 0.717) is 17.7 Å². The van der Waals surface area contributed by atoms with Crippen LogP contribution in [0.5, 0.6) is 0 Å². The van der Waals surface area contributed by atoms with Gasteiger partial charge in [-0.2, -0.15) is 5.10 Å². The summed E-state index contributed by atoms with van der Waals surface area (Å²) < 4.78 is 6.77. The minimum absolute atomic E-state index is 0.566. The Morgan fingerprint density at radius 2 is 2.13 bits per heavy atom. The second-order valence-corrected chi connectivity index (χ2v) is 5.96. The van der Waals surface area contributed by atoms with Gasteiger partial charge in [-0.1, -0.05) is 6.07 Å². The molecule has 0 N–H and O–H groups in total. The van der Waals surface area contributed by atoms with Crippen molar-refractivity contribution in [3.05, 3.63) is 36.5 Å². The number of nitrogens with zero attached hydrogens (tertiary/aromatic N) is 5. The summed E-state index contributed by atoms with van der Waals surface area (Å²) in [6.45, 7) is 5.30. The number of likely N-dealkylation sites (N-methyl/N-ethyl adjacent to an activating group) is 1. The smallest absolute Gasteiger partial charge is 0.410 e. The van der Waals surface area contributed by atoms with E-state index in [1.54, 1.807) is 32.9 Å². The van der Waals surface area contributed by atoms with E-state index in [9.17, 15) is 9.59 Å². The molecule has 0 aromatic carbocycles. The van der Waals surface area contributed by atoms with Gasteiger partial charge in [0, 0.05) is 18.8 Å². The number of rotatable bonds is 4. The number of amides is 1. The molecule has 0 spiro atoms. The van der Waals surface area contributed by atoms with Gasteiger partial charge in [-0.3, -0.25) is 4.90 Å². The maximum absolute atomic E-state index is 12.1. The Bertz CT molecular complexity index is 661. The molecule has 2 aromatic heterocycles. The van der Waals surface area contributed by atoms with Gasteiger partial charge < -0.3 is 9.53 Å². The number of ether oxygens (including phenoxy) is 1. The van der Waals surface area contributed by atoms with Crippen molar-refractivity contribution in [1.29, 1.82) is 0 Å². The molecular weight excluding hydrogens is 298 g/mol. The van der Waals surface area contributed by atoms with E-state index in [0.717, 1.165) is 0 Å². The summed E-state index contributed by atoms with van der Waals surface area (Å²) in [6.07, 6.45) is 4.55. The van der Waals surface area contributed by atoms with Crippen LogP contribution >= 0.6 is 0 Å². The first kappa shape index (κ1) is 16.6. The molecule has 8 heteroatoms. The minimum atomic E-state index is -0.776. The third-order valence-corrected chi connectivity index (χ3v) is 2.99. The predicted molar refractivity (Wildman–Crippen MR) is 82.0 cm³/mol. The van der Waals surface area contributed by atoms with Crippen molar-refractivity contribution in [3.8, 4) is 5.82 Å². The summed E-state index contributed by atoms with van der Waals surface area (Å²) in [7, 11) is 1.51. The average Bonchev–Trinajstić information content (AvgIpc) is 3.01. The molecule has 0 saturated carbocycles. The summed E-state index contributed by atoms with van der Waals surface area (Å²) in [5, 5.41) is 3.97. The van der Waals surface area contributed by atoms with Crippen LogP contribution in [0.15, 0.2) is 31.0 Å². The van der Waals surface area contributed by atoms with E-state index in [1.165, 1.54) is 35.5 Å². The molecule has 1 unspecified atom stereocenters. The highest BCUT2D eigenvalue weighted by Crippen LogP contribution is 2.20. The molecule has 0 aliphatic carbocycles. The number of aldehydes is 1. The molecule has 1 amide bonds. The van der Waals surface area contributed by atoms with Gasteiger partial charge in [-0.15, -0.1) is 0 Å². The molecular formula is C15H19N5O3. The lowest BCUT2D eigenvalue weighted by Gasteiger charge is -2.28. The van der Waals surface area contributed by atoms with Crippen molar-refractivity contribution in [1.82, 2.24) is 24.6 Å². The molecule has 0 aliphatic rings. The lowest BCUT2D eigenvalue weighted by atomic mass is 10.1. The number of pyridine rings is 1. The van der Waals surface area contributed by atoms with E-state index >= 15 is 0 Å². The Balaban J connectivity index is 2.17. The third kappa shape index (κ3) is 4.12. The Morgan fingerprint density at radius 3 is 2.61 bits per heavy atom. The molecule has 0 saturated heterocycles. The van der Waals surface area contributed by atoms with Gasteiger partial charge in [0.25, 0.3) is 0 Å². The standard InChI is InChI=1S/C15H19N5O3/c1-15(2,3)23-14(22)19(4)12(8-21)11-5-6-13(17-7-11)20-10-16-9-18-20/h5-10,12H,1-4H3. The fraction of sp³-hybridized carbons (Fsp3) is 0.400. The first-order chi connectivity index (χ1) is 10.8. The van der Waals surface area contributed by atoms with Crippen molar-refractivity contribution in [2.45, 2.75) is 32.4 Å². The first-order valence-corrected chi connectivity index (χ1v) is 7.04. The summed E-state index contributed by atoms with van der Waals surface area (Å²) in [5.74, 6) is 0.566. The SMILES string of the molecule is CN(C(=O)OC(C)(C)C)C(C=O)c1ccc(-n2cncn2)nc1. The van der Waals surface area contributed by atoms with Gasteiger partial charge in [0.1, 0.15) is 30.6 Å². The van der Waals surface area contributed by atoms with Crippen LogP contribution in [0.2, 0.25) is 0 Å². The van der Waals surface area contributed by atoms with Gasteiger partial charge in [-0.25, -0.2) is 19.4 Å². The lowest BCUT2D eigenvalue weighted by molar-refractivity contribution is -0.112. The van der Waals surface area contributed by atoms with E-state index in [2.05, 4.69) is 15.1 Å². The molecule has 0 fully saturated rings. The van der Waals surface area contributed by atoms with E-state index in [4.69, 9.17) is 4.74 Å². The van der Waals surface area contributed by atoms with Crippen LogP contribution < -0.4 is 0 Å². The Labute approximate surface area is 134 Å². The molecule has 0 aliphatic heterocycles. The van der Waals surface area contributed by atoms with Crippen molar-refractivity contribution >= 4 is 12.4 Å². The summed E-state index contributed by atoms with van der Waals surface area (Å²) in [4.78, 5) is 32.8. The number of hydrogen-bond donors (Lipinski definition) is 0. The van der Waals surface area contributed by atoms with Crippen LogP contribution in [-0.2, 0) is 9.53 Å². The quantitative estimate of drug-likeness (QED) is 0.798. The average molecular weight is 317 g/mol. The maximum Gasteiger partial charge on any atom is 0.410 e. The highest BCUT2D eigenvalue weighted by Gasteiger charge is 2.26. The minimum Gasteiger partial charge on any atom is -0.444 e. The van der Waals surface area contributed by atoms with Crippen molar-refractivity contribution in [2.24, 2.45) is 0 Å². The summed E-state index contributed by atoms with van der Waals surface area (Å²) in [5.41, 5.74) is -0.0502. The van der Waals surface area contributed by atoms with Crippen LogP contribution in [0.3, 0.4) is 0 Å². The van der Waals surface area contributed by atoms with Crippen molar-refractivity contribution in [2.75, 3.05) is 7.05 Å². The largest absolute Gasteiger partial charge is 0.444 e. The van der Waals surface area contributed by atoms with Gasteiger partial charge >= 0.3 is 6.09 Å². The van der Waals surface area contributed by atoms with Crippen LogP contribution in [0.1, 0.15) is 32.4 Å². The topological polar surface area (TPSA) is 90.2 Å². The molecule has 8 nitrogen and oxygen atoms in total. The summed E-state index contributed by atoms with van der Waals surface area (Å²) >= 11 is 0. The van der Waals surface area contributed by atoms with Crippen LogP contribution in [0.25, 0.3) is 5.82 Å². The molecule has 2 rings (SSSR count). The molecule has 2 heterocycles. The second kappa shape index (κ2) is 6.55. The van der Waals surface area contributed by atoms with Crippen molar-refractivity contribution < 1.29 is 14.3 Å². The zero-order valence-electron chi connectivity index (χ0n) is 13.5. The van der Waals surface area contributed by atoms with Crippen LogP contribution in [-0.4, -0.2) is 49.7 Å². The monoisotopic (exact) mass is 317 g/mol. The highest BCUT2D eigenvalue weighted by atomic mass is 16.6. The Morgan fingerprint density at radius 1 is 1.39 bits per heavy atom. The number of carbonyl (C=O) groups excluding carboxylic acids is 2. The van der Waals surface area contributed by atoms with Crippen molar-refractivity contribution in [3.63, 3.8) is 0 Å². The summed E-state index contributed by atoms with van der Waals surface area (Å²) in [6, 6.07) is 2.63. The molecule has 122 valence electrons. The Hall–Kier alpha value is -2.77.